The summed E-state index contributed by atoms with van der Waals surface area (Å²) in [5.74, 6) is 0. The monoisotopic (exact) mass is 286 g/mol. The van der Waals surface area contributed by atoms with Gasteiger partial charge in [-0.15, -0.1) is 0 Å². The Kier molecular flexibility index (Phi) is 13.8. The van der Waals surface area contributed by atoms with E-state index in [1.165, 1.54) is 83.7 Å². The van der Waals surface area contributed by atoms with Crippen LogP contribution < -0.4 is 0 Å². The number of aliphatic hydroxyl groups excluding tert-OH is 1. The standard InChI is InChI=1S/C18H40NO/c1-4-6-8-10-12-14-16-19(3,17-18-20)15-13-11-9-7-5-2/h20H,4-18H2,1-3H3/q+1. The lowest BCUT2D eigenvalue weighted by molar-refractivity contribution is -0.910. The van der Waals surface area contributed by atoms with E-state index < -0.39 is 0 Å². The molecule has 0 aliphatic rings. The zero-order valence-electron chi connectivity index (χ0n) is 14.5. The predicted octanol–water partition coefficient (Wildman–Crippen LogP) is 4.76. The summed E-state index contributed by atoms with van der Waals surface area (Å²) in [4.78, 5) is 0. The van der Waals surface area contributed by atoms with E-state index in [1.807, 2.05) is 0 Å². The molecule has 122 valence electrons. The summed E-state index contributed by atoms with van der Waals surface area (Å²) in [5.41, 5.74) is 0. The van der Waals surface area contributed by atoms with Gasteiger partial charge in [-0.05, 0) is 25.7 Å². The molecule has 2 heteroatoms. The first-order valence-corrected chi connectivity index (χ1v) is 9.13. The Labute approximate surface area is 128 Å². The second-order valence-electron chi connectivity index (χ2n) is 6.70. The second kappa shape index (κ2) is 13.9. The van der Waals surface area contributed by atoms with Crippen LogP contribution >= 0.6 is 0 Å². The summed E-state index contributed by atoms with van der Waals surface area (Å²) in [5, 5.41) is 9.30. The lowest BCUT2D eigenvalue weighted by Gasteiger charge is -2.34. The summed E-state index contributed by atoms with van der Waals surface area (Å²) in [6, 6.07) is 0. The van der Waals surface area contributed by atoms with E-state index in [4.69, 9.17) is 0 Å². The molecular formula is C18H40NO+. The smallest absolute Gasteiger partial charge is 0.102 e. The molecule has 0 bridgehead atoms. The zero-order valence-corrected chi connectivity index (χ0v) is 14.5. The van der Waals surface area contributed by atoms with Crippen molar-refractivity contribution in [3.8, 4) is 0 Å². The Morgan fingerprint density at radius 1 is 0.600 bits per heavy atom. The van der Waals surface area contributed by atoms with Gasteiger partial charge in [-0.3, -0.25) is 0 Å². The van der Waals surface area contributed by atoms with E-state index in [2.05, 4.69) is 20.9 Å². The number of rotatable bonds is 15. The summed E-state index contributed by atoms with van der Waals surface area (Å²) in [7, 11) is 2.34. The quantitative estimate of drug-likeness (QED) is 0.340. The highest BCUT2D eigenvalue weighted by molar-refractivity contribution is 4.48. The second-order valence-corrected chi connectivity index (χ2v) is 6.70. The molecule has 0 heterocycles. The lowest BCUT2D eigenvalue weighted by atomic mass is 10.1. The first-order chi connectivity index (χ1) is 9.68. The van der Waals surface area contributed by atoms with Gasteiger partial charge >= 0.3 is 0 Å². The van der Waals surface area contributed by atoms with Gasteiger partial charge in [-0.25, -0.2) is 0 Å². The highest BCUT2D eigenvalue weighted by atomic mass is 16.3. The van der Waals surface area contributed by atoms with Crippen LogP contribution in [-0.4, -0.2) is 42.9 Å². The van der Waals surface area contributed by atoms with Gasteiger partial charge in [0.05, 0.1) is 26.7 Å². The number of aliphatic hydroxyl groups is 1. The Hall–Kier alpha value is -0.0800. The van der Waals surface area contributed by atoms with E-state index in [0.717, 1.165) is 11.0 Å². The van der Waals surface area contributed by atoms with E-state index in [0.29, 0.717) is 6.61 Å². The summed E-state index contributed by atoms with van der Waals surface area (Å²) < 4.78 is 1.08. The third kappa shape index (κ3) is 11.7. The zero-order chi connectivity index (χ0) is 15.1. The largest absolute Gasteiger partial charge is 0.391 e. The van der Waals surface area contributed by atoms with Crippen LogP contribution in [-0.2, 0) is 0 Å². The molecule has 1 N–H and O–H groups in total. The van der Waals surface area contributed by atoms with Crippen molar-refractivity contribution in [1.82, 2.24) is 0 Å². The molecule has 1 atom stereocenters. The van der Waals surface area contributed by atoms with E-state index in [-0.39, 0.29) is 0 Å². The van der Waals surface area contributed by atoms with Crippen LogP contribution in [0, 0.1) is 0 Å². The maximum atomic E-state index is 9.30. The fraction of sp³-hybridized carbons (Fsp3) is 1.00. The van der Waals surface area contributed by atoms with Crippen molar-refractivity contribution < 1.29 is 9.59 Å². The molecule has 0 rings (SSSR count). The third-order valence-corrected chi connectivity index (χ3v) is 4.49. The van der Waals surface area contributed by atoms with Gasteiger partial charge in [0, 0.05) is 0 Å². The Bertz CT molecular complexity index is 196. The molecule has 0 aromatic carbocycles. The number of hydrogen-bond donors (Lipinski definition) is 1. The molecule has 0 radical (unpaired) electrons. The van der Waals surface area contributed by atoms with Crippen molar-refractivity contribution in [3.63, 3.8) is 0 Å². The van der Waals surface area contributed by atoms with Gasteiger partial charge in [-0.1, -0.05) is 58.8 Å². The number of unbranched alkanes of at least 4 members (excludes halogenated alkanes) is 9. The van der Waals surface area contributed by atoms with Crippen molar-refractivity contribution in [2.75, 3.05) is 33.3 Å². The maximum Gasteiger partial charge on any atom is 0.102 e. The van der Waals surface area contributed by atoms with E-state index in [1.54, 1.807) is 0 Å². The third-order valence-electron chi connectivity index (χ3n) is 4.49. The molecule has 0 saturated heterocycles. The van der Waals surface area contributed by atoms with E-state index >= 15 is 0 Å². The minimum Gasteiger partial charge on any atom is -0.391 e. The van der Waals surface area contributed by atoms with Crippen molar-refractivity contribution in [2.45, 2.75) is 84.5 Å². The minimum atomic E-state index is 0.335. The SMILES string of the molecule is CCCCCCCC[N+](C)(CCO)CCCCCCC. The van der Waals surface area contributed by atoms with Crippen LogP contribution in [0.15, 0.2) is 0 Å². The van der Waals surface area contributed by atoms with Gasteiger partial charge in [0.15, 0.2) is 0 Å². The van der Waals surface area contributed by atoms with Crippen LogP contribution in [0.2, 0.25) is 0 Å². The highest BCUT2D eigenvalue weighted by Gasteiger charge is 2.19. The van der Waals surface area contributed by atoms with Crippen LogP contribution in [0.4, 0.5) is 0 Å². The predicted molar refractivity (Wildman–Crippen MR) is 90.0 cm³/mol. The van der Waals surface area contributed by atoms with Gasteiger partial charge in [0.1, 0.15) is 6.54 Å². The molecule has 20 heavy (non-hydrogen) atoms. The number of nitrogens with zero attached hydrogens (tertiary/aromatic N) is 1. The van der Waals surface area contributed by atoms with Crippen molar-refractivity contribution in [2.24, 2.45) is 0 Å². The average molecular weight is 287 g/mol. The molecule has 0 aromatic heterocycles. The first kappa shape index (κ1) is 19.9. The highest BCUT2D eigenvalue weighted by Crippen LogP contribution is 2.12. The summed E-state index contributed by atoms with van der Waals surface area (Å²) in [6.07, 6.45) is 15.0. The van der Waals surface area contributed by atoms with Crippen molar-refractivity contribution in [3.05, 3.63) is 0 Å². The number of likely N-dealkylation sites (N-methyl/N-ethyl adjacent to an activating group) is 1. The number of hydrogen-bond acceptors (Lipinski definition) is 1. The maximum absolute atomic E-state index is 9.30. The van der Waals surface area contributed by atoms with Crippen molar-refractivity contribution >= 4 is 0 Å². The first-order valence-electron chi connectivity index (χ1n) is 9.13. The average Bonchev–Trinajstić information content (AvgIpc) is 2.43. The molecule has 0 fully saturated rings. The summed E-state index contributed by atoms with van der Waals surface area (Å²) >= 11 is 0. The van der Waals surface area contributed by atoms with Gasteiger partial charge < -0.3 is 9.59 Å². The fourth-order valence-corrected chi connectivity index (χ4v) is 2.95. The van der Waals surface area contributed by atoms with Crippen LogP contribution in [0.5, 0.6) is 0 Å². The molecule has 0 amide bonds. The Morgan fingerprint density at radius 3 is 1.40 bits per heavy atom. The topological polar surface area (TPSA) is 20.2 Å². The number of quaternary nitrogens is 1. The lowest BCUT2D eigenvalue weighted by Crippen LogP contribution is -2.47. The Morgan fingerprint density at radius 2 is 1.00 bits per heavy atom. The molecule has 1 unspecified atom stereocenters. The van der Waals surface area contributed by atoms with Crippen LogP contribution in [0.3, 0.4) is 0 Å². The molecule has 0 aromatic rings. The van der Waals surface area contributed by atoms with Crippen LogP contribution in [0.1, 0.15) is 84.5 Å². The van der Waals surface area contributed by atoms with E-state index in [9.17, 15) is 5.11 Å². The molecule has 0 spiro atoms. The fourth-order valence-electron chi connectivity index (χ4n) is 2.95. The molecule has 0 aliphatic carbocycles. The summed E-state index contributed by atoms with van der Waals surface area (Å²) in [6.45, 7) is 8.31. The Balaban J connectivity index is 3.74. The molecule has 0 saturated carbocycles. The molecule has 0 aliphatic heterocycles. The normalized spacial score (nSPS) is 14.4. The van der Waals surface area contributed by atoms with Gasteiger partial charge in [-0.2, -0.15) is 0 Å². The minimum absolute atomic E-state index is 0.335. The van der Waals surface area contributed by atoms with Crippen LogP contribution in [0.25, 0.3) is 0 Å². The van der Waals surface area contributed by atoms with Gasteiger partial charge in [0.25, 0.3) is 0 Å². The molecule has 2 nitrogen and oxygen atoms in total. The molecular weight excluding hydrogens is 246 g/mol. The van der Waals surface area contributed by atoms with Gasteiger partial charge in [0.2, 0.25) is 0 Å². The van der Waals surface area contributed by atoms with Crippen molar-refractivity contribution in [1.29, 1.82) is 0 Å².